The number of aliphatic hydroxyl groups excluding tert-OH is 5. The minimum Gasteiger partial charge on any atom is -0.466 e. The highest BCUT2D eigenvalue weighted by atomic mass is 16.7. The van der Waals surface area contributed by atoms with E-state index >= 15 is 0 Å². The second kappa shape index (κ2) is 51.0. The fourth-order valence-electron chi connectivity index (χ4n) is 9.41. The van der Waals surface area contributed by atoms with Gasteiger partial charge in [0.2, 0.25) is 5.91 Å². The molecule has 7 unspecified atom stereocenters. The number of ether oxygens (including phenoxy) is 3. The van der Waals surface area contributed by atoms with Crippen molar-refractivity contribution in [3.63, 3.8) is 0 Å². The van der Waals surface area contributed by atoms with Crippen molar-refractivity contribution in [2.24, 2.45) is 0 Å². The largest absolute Gasteiger partial charge is 0.466 e. The van der Waals surface area contributed by atoms with Crippen molar-refractivity contribution in [1.82, 2.24) is 5.32 Å². The van der Waals surface area contributed by atoms with E-state index in [0.717, 1.165) is 77.0 Å². The van der Waals surface area contributed by atoms with Crippen LogP contribution in [0.5, 0.6) is 0 Å². The van der Waals surface area contributed by atoms with Crippen molar-refractivity contribution in [3.05, 3.63) is 36.5 Å². The number of unbranched alkanes of at least 4 members (excludes halogenated alkanes) is 34. The van der Waals surface area contributed by atoms with Crippen LogP contribution in [0.3, 0.4) is 0 Å². The zero-order valence-corrected chi connectivity index (χ0v) is 46.4. The predicted molar refractivity (Wildman–Crippen MR) is 297 cm³/mol. The summed E-state index contributed by atoms with van der Waals surface area (Å²) in [6.45, 7) is 4.25. The molecule has 0 bridgehead atoms. The molecule has 7 atom stereocenters. The van der Waals surface area contributed by atoms with E-state index < -0.39 is 49.5 Å². The van der Waals surface area contributed by atoms with Crippen molar-refractivity contribution in [2.45, 2.75) is 320 Å². The fraction of sp³-hybridized carbons (Fsp3) is 0.869. The van der Waals surface area contributed by atoms with Crippen LogP contribution in [0.25, 0.3) is 0 Å². The summed E-state index contributed by atoms with van der Waals surface area (Å²) in [7, 11) is 0. The summed E-state index contributed by atoms with van der Waals surface area (Å²) in [5.74, 6) is -0.199. The van der Waals surface area contributed by atoms with Crippen molar-refractivity contribution in [2.75, 3.05) is 19.8 Å². The maximum absolute atomic E-state index is 13.0. The Balaban J connectivity index is 1.99. The highest BCUT2D eigenvalue weighted by Crippen LogP contribution is 2.23. The van der Waals surface area contributed by atoms with E-state index in [9.17, 15) is 35.1 Å². The number of allylic oxidation sites excluding steroid dienone is 5. The highest BCUT2D eigenvalue weighted by molar-refractivity contribution is 5.76. The Kier molecular flexibility index (Phi) is 48.1. The molecule has 0 aromatic rings. The van der Waals surface area contributed by atoms with E-state index in [4.69, 9.17) is 14.2 Å². The molecule has 1 amide bonds. The van der Waals surface area contributed by atoms with Crippen molar-refractivity contribution in [3.8, 4) is 0 Å². The van der Waals surface area contributed by atoms with Gasteiger partial charge in [-0.25, -0.2) is 0 Å². The molecule has 0 aromatic carbocycles. The minimum absolute atomic E-state index is 0.0149. The van der Waals surface area contributed by atoms with Crippen LogP contribution in [0.1, 0.15) is 277 Å². The van der Waals surface area contributed by atoms with Gasteiger partial charge in [-0.2, -0.15) is 0 Å². The lowest BCUT2D eigenvalue weighted by Gasteiger charge is -2.40. The summed E-state index contributed by atoms with van der Waals surface area (Å²) in [5.41, 5.74) is 0. The molecule has 0 spiro atoms. The zero-order valence-electron chi connectivity index (χ0n) is 46.4. The van der Waals surface area contributed by atoms with Gasteiger partial charge in [-0.3, -0.25) is 9.59 Å². The van der Waals surface area contributed by atoms with Crippen LogP contribution in [0, 0.1) is 0 Å². The molecule has 1 aliphatic heterocycles. The third-order valence-electron chi connectivity index (χ3n) is 14.2. The third-order valence-corrected chi connectivity index (χ3v) is 14.2. The molecule has 0 saturated carbocycles. The van der Waals surface area contributed by atoms with E-state index in [-0.39, 0.29) is 18.5 Å². The van der Waals surface area contributed by atoms with Crippen LogP contribution < -0.4 is 5.32 Å². The van der Waals surface area contributed by atoms with Crippen LogP contribution >= 0.6 is 0 Å². The van der Waals surface area contributed by atoms with Gasteiger partial charge >= 0.3 is 5.97 Å². The minimum atomic E-state index is -1.57. The first-order valence-corrected chi connectivity index (χ1v) is 30.3. The lowest BCUT2D eigenvalue weighted by Crippen LogP contribution is -2.60. The molecule has 1 heterocycles. The summed E-state index contributed by atoms with van der Waals surface area (Å²) in [6.07, 6.45) is 52.5. The number of rotatable bonds is 52. The number of carbonyl (C=O) groups is 2. The van der Waals surface area contributed by atoms with Gasteiger partial charge in [-0.1, -0.05) is 243 Å². The highest BCUT2D eigenvalue weighted by Gasteiger charge is 2.44. The van der Waals surface area contributed by atoms with E-state index in [1.807, 2.05) is 6.08 Å². The molecule has 0 aromatic heterocycles. The molecule has 11 heteroatoms. The second-order valence-electron chi connectivity index (χ2n) is 21.1. The van der Waals surface area contributed by atoms with E-state index in [1.54, 1.807) is 6.08 Å². The Morgan fingerprint density at radius 3 is 1.46 bits per heavy atom. The molecule has 1 rings (SSSR count). The fourth-order valence-corrected chi connectivity index (χ4v) is 9.41. The number of hydrogen-bond acceptors (Lipinski definition) is 10. The average molecular weight is 1020 g/mol. The molecule has 72 heavy (non-hydrogen) atoms. The van der Waals surface area contributed by atoms with E-state index in [0.29, 0.717) is 19.4 Å². The Hall–Kier alpha value is -2.12. The van der Waals surface area contributed by atoms with Gasteiger partial charge in [0.25, 0.3) is 0 Å². The topological polar surface area (TPSA) is 175 Å². The lowest BCUT2D eigenvalue weighted by molar-refractivity contribution is -0.302. The van der Waals surface area contributed by atoms with Gasteiger partial charge in [0.15, 0.2) is 6.29 Å². The lowest BCUT2D eigenvalue weighted by atomic mass is 9.99. The van der Waals surface area contributed by atoms with Crippen LogP contribution in [0.15, 0.2) is 36.5 Å². The maximum atomic E-state index is 13.0. The first-order valence-electron chi connectivity index (χ1n) is 30.3. The third kappa shape index (κ3) is 40.2. The number of nitrogens with one attached hydrogen (secondary N) is 1. The summed E-state index contributed by atoms with van der Waals surface area (Å²) in [5, 5.41) is 54.2. The van der Waals surface area contributed by atoms with Crippen LogP contribution in [-0.4, -0.2) is 100 Å². The first kappa shape index (κ1) is 67.9. The van der Waals surface area contributed by atoms with Gasteiger partial charge < -0.3 is 45.1 Å². The summed E-state index contributed by atoms with van der Waals surface area (Å²) in [6, 6.07) is -0.809. The molecule has 11 nitrogen and oxygen atoms in total. The van der Waals surface area contributed by atoms with Gasteiger partial charge in [0.1, 0.15) is 24.4 Å². The molecule has 0 aliphatic carbocycles. The standard InChI is InChI=1S/C61H113NO10/c1-3-5-7-9-11-13-14-25-29-33-37-41-45-49-57(66)70-50-46-42-38-34-30-27-24-22-20-18-16-15-17-19-21-23-26-28-32-36-40-44-48-56(65)62-53(54(64)47-43-39-35-31-12-10-8-6-4-2)52-71-61-60(69)59(68)58(67)55(51-63)72-61/h7,9,13-14,43,47,53-55,58-61,63-64,67-69H,3-6,8,10-12,15-42,44-46,48-52H2,1-2H3,(H,62,65)/b9-7-,14-13-,47-43+. The molecular formula is C61H113NO10. The molecule has 1 aliphatic rings. The van der Waals surface area contributed by atoms with Crippen molar-refractivity contribution >= 4 is 11.9 Å². The number of esters is 1. The zero-order chi connectivity index (χ0) is 52.4. The number of hydrogen-bond donors (Lipinski definition) is 6. The summed E-state index contributed by atoms with van der Waals surface area (Å²) in [4.78, 5) is 25.0. The van der Waals surface area contributed by atoms with Crippen molar-refractivity contribution in [1.29, 1.82) is 0 Å². The molecule has 0 radical (unpaired) electrons. The van der Waals surface area contributed by atoms with E-state index in [1.165, 1.54) is 173 Å². The molecule has 1 fully saturated rings. The molecule has 1 saturated heterocycles. The van der Waals surface area contributed by atoms with Crippen LogP contribution in [0.2, 0.25) is 0 Å². The Bertz CT molecular complexity index is 1290. The predicted octanol–water partition coefficient (Wildman–Crippen LogP) is 13.9. The van der Waals surface area contributed by atoms with Gasteiger partial charge in [0.05, 0.1) is 32.0 Å². The Labute approximate surface area is 441 Å². The number of aliphatic hydroxyl groups is 5. The summed E-state index contributed by atoms with van der Waals surface area (Å²) >= 11 is 0. The first-order chi connectivity index (χ1) is 35.2. The van der Waals surface area contributed by atoms with Crippen molar-refractivity contribution < 1.29 is 49.3 Å². The second-order valence-corrected chi connectivity index (χ2v) is 21.1. The average Bonchev–Trinajstić information content (AvgIpc) is 3.38. The van der Waals surface area contributed by atoms with Crippen LogP contribution in [0.4, 0.5) is 0 Å². The van der Waals surface area contributed by atoms with Crippen LogP contribution in [-0.2, 0) is 23.8 Å². The van der Waals surface area contributed by atoms with E-state index in [2.05, 4.69) is 43.5 Å². The molecular weight excluding hydrogens is 907 g/mol. The Morgan fingerprint density at radius 2 is 0.958 bits per heavy atom. The Morgan fingerprint density at radius 1 is 0.514 bits per heavy atom. The maximum Gasteiger partial charge on any atom is 0.305 e. The SMILES string of the molecule is CCC/C=C\C/C=C\CCCCCCCC(=O)OCCCCCCCCCCCCCCCCCCCCCCCCC(=O)NC(COC1OC(CO)C(O)C(O)C1O)C(O)/C=C/CCCCCCCCC. The monoisotopic (exact) mass is 1020 g/mol. The smallest absolute Gasteiger partial charge is 0.305 e. The number of carbonyl (C=O) groups excluding carboxylic acids is 2. The summed E-state index contributed by atoms with van der Waals surface area (Å²) < 4.78 is 16.7. The quantitative estimate of drug-likeness (QED) is 0.0195. The van der Waals surface area contributed by atoms with Gasteiger partial charge in [0, 0.05) is 12.8 Å². The van der Waals surface area contributed by atoms with Gasteiger partial charge in [-0.05, 0) is 57.8 Å². The van der Waals surface area contributed by atoms with Gasteiger partial charge in [-0.15, -0.1) is 0 Å². The normalized spacial score (nSPS) is 19.2. The number of amides is 1. The molecule has 6 N–H and O–H groups in total. The molecule has 422 valence electrons.